The van der Waals surface area contributed by atoms with Gasteiger partial charge in [-0.25, -0.2) is 4.79 Å². The summed E-state index contributed by atoms with van der Waals surface area (Å²) in [5, 5.41) is 26.1. The number of hydrogen-bond acceptors (Lipinski definition) is 10. The number of esters is 1. The van der Waals surface area contributed by atoms with Crippen LogP contribution in [0.3, 0.4) is 0 Å². The third-order valence-electron chi connectivity index (χ3n) is 13.1. The van der Waals surface area contributed by atoms with Crippen LogP contribution in [-0.4, -0.2) is 98.1 Å². The normalized spacial score (nSPS) is 34.9. The van der Waals surface area contributed by atoms with Gasteiger partial charge in [0.1, 0.15) is 6.61 Å². The van der Waals surface area contributed by atoms with Gasteiger partial charge in [-0.3, -0.25) is 9.59 Å². The molecule has 12 nitrogen and oxygen atoms in total. The number of amides is 1. The molecule has 52 heavy (non-hydrogen) atoms. The minimum atomic E-state index is -0.666. The highest BCUT2D eigenvalue weighted by Gasteiger charge is 2.57. The third-order valence-corrected chi connectivity index (χ3v) is 13.1. The van der Waals surface area contributed by atoms with Gasteiger partial charge < -0.3 is 45.6 Å². The second-order valence-electron chi connectivity index (χ2n) is 15.8. The van der Waals surface area contributed by atoms with E-state index in [9.17, 15) is 19.5 Å². The molecule has 1 aliphatic carbocycles. The molecule has 4 fully saturated rings. The number of ether oxygens (including phenoxy) is 3. The molecule has 1 aromatic rings. The highest BCUT2D eigenvalue weighted by Crippen LogP contribution is 2.49. The van der Waals surface area contributed by atoms with Gasteiger partial charge in [-0.2, -0.15) is 0 Å². The van der Waals surface area contributed by atoms with Gasteiger partial charge >= 0.3 is 5.97 Å². The summed E-state index contributed by atoms with van der Waals surface area (Å²) in [4.78, 5) is 42.0. The molecule has 5 aliphatic rings. The first-order chi connectivity index (χ1) is 24.9. The minimum absolute atomic E-state index is 0.0122. The number of rotatable bonds is 13. The summed E-state index contributed by atoms with van der Waals surface area (Å²) in [6.45, 7) is 16.1. The highest BCUT2D eigenvalue weighted by atomic mass is 16.6. The van der Waals surface area contributed by atoms with E-state index < -0.39 is 17.5 Å². The van der Waals surface area contributed by atoms with Crippen molar-refractivity contribution in [1.29, 1.82) is 0 Å². The van der Waals surface area contributed by atoms with E-state index >= 15 is 0 Å². The van der Waals surface area contributed by atoms with Crippen molar-refractivity contribution in [2.45, 2.75) is 97.0 Å². The van der Waals surface area contributed by atoms with Gasteiger partial charge in [-0.1, -0.05) is 33.4 Å². The van der Waals surface area contributed by atoms with Crippen molar-refractivity contribution in [2.24, 2.45) is 35.0 Å². The van der Waals surface area contributed by atoms with E-state index in [1.165, 1.54) is 7.11 Å². The van der Waals surface area contributed by atoms with Gasteiger partial charge in [0.25, 0.3) is 0 Å². The average Bonchev–Trinajstić information content (AvgIpc) is 3.87. The molecule has 9 unspecified atom stereocenters. The number of carbonyl (C=O) groups is 3. The number of Topliss-reactive ketones (excluding diaryl/α,β-unsaturated/α-hetero) is 1. The van der Waals surface area contributed by atoms with Crippen LogP contribution in [0.1, 0.15) is 75.9 Å². The van der Waals surface area contributed by atoms with E-state index in [4.69, 9.17) is 9.47 Å². The number of aliphatic hydroxyl groups excluding tert-OH is 1. The maximum Gasteiger partial charge on any atom is 0.331 e. The second kappa shape index (κ2) is 16.0. The predicted molar refractivity (Wildman–Crippen MR) is 199 cm³/mol. The van der Waals surface area contributed by atoms with Crippen LogP contribution < -0.4 is 21.3 Å². The zero-order valence-electron chi connectivity index (χ0n) is 31.7. The summed E-state index contributed by atoms with van der Waals surface area (Å²) in [5.74, 6) is 0.540. The maximum atomic E-state index is 14.0. The van der Waals surface area contributed by atoms with Gasteiger partial charge in [0.05, 0.1) is 44.1 Å². The first kappa shape index (κ1) is 38.4. The van der Waals surface area contributed by atoms with E-state index in [1.807, 2.05) is 13.0 Å². The lowest BCUT2D eigenvalue weighted by Gasteiger charge is -2.31. The van der Waals surface area contributed by atoms with E-state index in [-0.39, 0.29) is 78.7 Å². The number of methoxy groups -OCH3 is 1. The predicted octanol–water partition coefficient (Wildman–Crippen LogP) is 3.00. The fourth-order valence-corrected chi connectivity index (χ4v) is 9.80. The van der Waals surface area contributed by atoms with E-state index in [2.05, 4.69) is 77.4 Å². The molecule has 4 aliphatic heterocycles. The lowest BCUT2D eigenvalue weighted by atomic mass is 9.77. The third kappa shape index (κ3) is 7.29. The minimum Gasteiger partial charge on any atom is -0.467 e. The van der Waals surface area contributed by atoms with Crippen molar-refractivity contribution in [1.82, 2.24) is 26.3 Å². The van der Waals surface area contributed by atoms with Gasteiger partial charge in [0.15, 0.2) is 5.78 Å². The van der Waals surface area contributed by atoms with Gasteiger partial charge in [-0.05, 0) is 74.5 Å². The first-order valence-corrected chi connectivity index (χ1v) is 19.2. The quantitative estimate of drug-likeness (QED) is 0.132. The van der Waals surface area contributed by atoms with Crippen molar-refractivity contribution in [3.05, 3.63) is 46.6 Å². The molecule has 11 atom stereocenters. The fourth-order valence-electron chi connectivity index (χ4n) is 9.80. The Morgan fingerprint density at radius 3 is 2.63 bits per heavy atom. The number of fused-ring (bicyclic) bond motifs is 8. The standard InChI is InChI=1S/C40H59N5O7/c1-8-24-21(3)27-17-28-22(4)25(10-11-34(47)41-12-13-51-14-15-52-20-35(48)50-7)37(44-28)26-16-32(46)36-23(5)29(45-38(26)36)18-31-39(49)40(6,9-2)33(43-31)19-30(24)42-27/h8,18-19,22-23,25-26,28-29,32,36-38,42-46H,1,9-17,20H2,2-7H3,(H,41,47)/t22-,23?,25-,26?,28?,29?,32?,36?,37?,38?,40?/m0/s1. The van der Waals surface area contributed by atoms with Gasteiger partial charge in [0, 0.05) is 72.1 Å². The molecule has 0 aromatic carbocycles. The molecule has 1 saturated carbocycles. The molecule has 5 heterocycles. The Morgan fingerprint density at radius 1 is 1.13 bits per heavy atom. The molecular weight excluding hydrogens is 662 g/mol. The Bertz CT molecular complexity index is 1590. The van der Waals surface area contributed by atoms with Crippen LogP contribution in [0, 0.1) is 41.9 Å². The van der Waals surface area contributed by atoms with Crippen molar-refractivity contribution >= 4 is 29.8 Å². The number of aromatic amines is 1. The van der Waals surface area contributed by atoms with E-state index in [1.54, 1.807) is 0 Å². The zero-order chi connectivity index (χ0) is 37.3. The maximum absolute atomic E-state index is 14.0. The van der Waals surface area contributed by atoms with Crippen molar-refractivity contribution in [3.63, 3.8) is 0 Å². The molecule has 12 heteroatoms. The molecule has 6 rings (SSSR count). The summed E-state index contributed by atoms with van der Waals surface area (Å²) in [6.07, 6.45) is 8.90. The van der Waals surface area contributed by atoms with Crippen LogP contribution in [-0.2, 0) is 35.0 Å². The molecule has 3 saturated heterocycles. The van der Waals surface area contributed by atoms with Crippen molar-refractivity contribution in [3.8, 4) is 0 Å². The SMILES string of the molecule is C=Cc1c2[nH]c(c1C)CC1NC(C3CC(O)C4C(C)C(C=C5NC(=C2)C(C)(CC)C5=O)NC34)[C@@H](CCC(=O)NCCOCCOCC(=O)OC)[C@@H]1C. The van der Waals surface area contributed by atoms with Crippen LogP contribution in [0.15, 0.2) is 24.0 Å². The Hall–Kier alpha value is -3.29. The Morgan fingerprint density at radius 2 is 1.90 bits per heavy atom. The number of carbonyl (C=O) groups excluding carboxylic acids is 3. The molecule has 286 valence electrons. The molecular formula is C40H59N5O7. The summed E-state index contributed by atoms with van der Waals surface area (Å²) in [7, 11) is 1.31. The van der Waals surface area contributed by atoms with Gasteiger partial charge in [0.2, 0.25) is 5.91 Å². The van der Waals surface area contributed by atoms with Crippen LogP contribution >= 0.6 is 0 Å². The van der Waals surface area contributed by atoms with Crippen molar-refractivity contribution in [2.75, 3.05) is 40.1 Å². The second-order valence-corrected chi connectivity index (χ2v) is 15.8. The molecule has 0 spiro atoms. The van der Waals surface area contributed by atoms with Crippen LogP contribution in [0.25, 0.3) is 12.2 Å². The summed E-state index contributed by atoms with van der Waals surface area (Å²) >= 11 is 0. The lowest BCUT2D eigenvalue weighted by Crippen LogP contribution is -2.46. The smallest absolute Gasteiger partial charge is 0.331 e. The molecule has 1 amide bonds. The number of aliphatic hydroxyl groups is 1. The number of hydrogen-bond donors (Lipinski definition) is 6. The molecule has 0 radical (unpaired) electrons. The number of ketones is 1. The Labute approximate surface area is 307 Å². The molecule has 1 aromatic heterocycles. The number of H-pyrrole nitrogens is 1. The summed E-state index contributed by atoms with van der Waals surface area (Å²) in [6, 6.07) is 0.305. The lowest BCUT2D eigenvalue weighted by molar-refractivity contribution is -0.146. The fraction of sp³-hybridized carbons (Fsp3) is 0.675. The van der Waals surface area contributed by atoms with Crippen LogP contribution in [0.4, 0.5) is 0 Å². The largest absolute Gasteiger partial charge is 0.467 e. The molecule has 6 N–H and O–H groups in total. The van der Waals surface area contributed by atoms with Crippen LogP contribution in [0.2, 0.25) is 0 Å². The van der Waals surface area contributed by atoms with Crippen LogP contribution in [0.5, 0.6) is 0 Å². The van der Waals surface area contributed by atoms with E-state index in [0.29, 0.717) is 44.7 Å². The average molecular weight is 722 g/mol. The Kier molecular flexibility index (Phi) is 11.8. The summed E-state index contributed by atoms with van der Waals surface area (Å²) in [5.41, 5.74) is 5.13. The highest BCUT2D eigenvalue weighted by molar-refractivity contribution is 6.05. The van der Waals surface area contributed by atoms with E-state index in [0.717, 1.165) is 41.1 Å². The Balaban J connectivity index is 1.22. The van der Waals surface area contributed by atoms with Gasteiger partial charge in [-0.15, -0.1) is 0 Å². The molecule has 8 bridgehead atoms. The summed E-state index contributed by atoms with van der Waals surface area (Å²) < 4.78 is 15.3. The number of aromatic nitrogens is 1. The first-order valence-electron chi connectivity index (χ1n) is 19.2. The number of nitrogens with one attached hydrogen (secondary N) is 5. The number of allylic oxidation sites excluding steroid dienone is 2. The zero-order valence-corrected chi connectivity index (χ0v) is 31.7. The topological polar surface area (TPSA) is 163 Å². The monoisotopic (exact) mass is 721 g/mol. The van der Waals surface area contributed by atoms with Crippen molar-refractivity contribution < 1.29 is 33.7 Å².